The molecule has 6 nitrogen and oxygen atoms in total. The van der Waals surface area contributed by atoms with Crippen LogP contribution >= 0.6 is 34.0 Å². The van der Waals surface area contributed by atoms with Crippen LogP contribution in [0, 0.1) is 0 Å². The molecule has 30 rings (SSSR count). The Morgan fingerprint density at radius 3 is 0.791 bits per heavy atom. The maximum Gasteiger partial charge on any atom is 0.227 e. The van der Waals surface area contributed by atoms with E-state index < -0.39 is 0 Å². The van der Waals surface area contributed by atoms with Crippen LogP contribution in [0.3, 0.4) is 0 Å². The monoisotopic (exact) mass is 1940 g/mol. The van der Waals surface area contributed by atoms with E-state index in [0.717, 1.165) is 55.6 Å². The molecule has 0 N–H and O–H groups in total. The molecule has 0 spiro atoms. The molecule has 30 aromatic rings. The lowest BCUT2D eigenvalue weighted by atomic mass is 9.92. The summed E-state index contributed by atoms with van der Waals surface area (Å²) >= 11 is 5.60. The Kier molecular flexibility index (Phi) is 21.8. The van der Waals surface area contributed by atoms with Crippen molar-refractivity contribution in [3.8, 4) is 157 Å². The van der Waals surface area contributed by atoms with Crippen LogP contribution in [0.15, 0.2) is 529 Å². The number of para-hydroxylation sites is 6. The third kappa shape index (κ3) is 16.2. The van der Waals surface area contributed by atoms with Gasteiger partial charge in [-0.2, -0.15) is 0 Å². The summed E-state index contributed by atoms with van der Waals surface area (Å²) < 4.78 is 26.0. The van der Waals surface area contributed by atoms with E-state index in [-0.39, 0.29) is 0 Å². The van der Waals surface area contributed by atoms with E-state index in [1.165, 1.54) is 220 Å². The molecule has 0 unspecified atom stereocenters. The number of nitrogens with zero attached hydrogens (tertiary/aromatic N) is 3. The molecule has 6 aromatic heterocycles. The molecule has 0 amide bonds. The van der Waals surface area contributed by atoms with Gasteiger partial charge < -0.3 is 13.3 Å². The highest BCUT2D eigenvalue weighted by molar-refractivity contribution is 7.27. The summed E-state index contributed by atoms with van der Waals surface area (Å²) in [4.78, 5) is 14.2. The Balaban J connectivity index is 0.000000107. The molecule has 6 heterocycles. The Morgan fingerprint density at radius 1 is 0.135 bits per heavy atom. The van der Waals surface area contributed by atoms with Gasteiger partial charge in [-0.15, -0.1) is 34.0 Å². The zero-order chi connectivity index (χ0) is 97.6. The molecule has 0 aliphatic heterocycles. The minimum atomic E-state index is 0.636. The predicted octanol–water partition coefficient (Wildman–Crippen LogP) is 40.5. The van der Waals surface area contributed by atoms with Gasteiger partial charge in [-0.05, 0) is 300 Å². The van der Waals surface area contributed by atoms with E-state index in [1.54, 1.807) is 0 Å². The number of aromatic nitrogens is 3. The van der Waals surface area contributed by atoms with Gasteiger partial charge in [0, 0.05) is 93.9 Å². The number of hydrogen-bond acceptors (Lipinski definition) is 9. The first-order valence-electron chi connectivity index (χ1n) is 49.9. The van der Waals surface area contributed by atoms with Gasteiger partial charge in [0.25, 0.3) is 0 Å². The van der Waals surface area contributed by atoms with E-state index >= 15 is 0 Å². The molecule has 0 bridgehead atoms. The van der Waals surface area contributed by atoms with Gasteiger partial charge in [0.2, 0.25) is 17.7 Å². The predicted molar refractivity (Wildman–Crippen MR) is 627 cm³/mol. The Morgan fingerprint density at radius 2 is 0.392 bits per heavy atom. The SMILES string of the molecule is c1ccc(-c2ccc(-c3ccc4sc5c(-c6ccc(-c7nc8ccccc8o7)cc6)cc(-c6ccc(-c7ccccc7)cc6)cc5c4c3)cc2)cc1.c1ccc2c(-c3ccc4sc5c(-c6ccc(-c7nc8ccccc8o7)cc6)cc(-c6cccc7ccccc67)cc5c4c3)cccc2c1.c1ccc2cc(-c3ccc4sc5c(-c6ccc(-c7nc8ccccc8o7)cc6)cc(-c6cccc7ccccc67)cc5c4c3)ccc2c1. The number of hydrogen-bond donors (Lipinski definition) is 0. The quantitative estimate of drug-likeness (QED) is 0.108. The van der Waals surface area contributed by atoms with Gasteiger partial charge >= 0.3 is 0 Å². The smallest absolute Gasteiger partial charge is 0.227 e. The average molecular weight is 1940 g/mol. The number of oxazole rings is 3. The van der Waals surface area contributed by atoms with Gasteiger partial charge in [0.15, 0.2) is 16.7 Å². The molecule has 0 saturated heterocycles. The standard InChI is InChI=1S/C49H31NOS.2C45H27NOS/c1-3-9-32(10-4-1)34-15-19-36(20-16-34)40-27-28-47-43(29-40)44-31-41(37-21-17-35(18-22-37)33-11-5-2-6-12-33)30-42(48(44)52-47)38-23-25-39(26-24-38)49-50-45-13-7-8-14-46(45)51-49;1-3-13-34-28(9-1)11-7-15-36(34)32-23-24-43-39(25-32)40-27-33(37-16-8-12-29-10-2-4-14-35(29)37)26-38(44(40)48-43)30-19-21-31(22-20-30)45-46-41-17-5-6-18-42(41)47-45;1-2-10-32-24-33(21-16-28(32)8-1)34-22-23-43-39(25-34)40-27-35(37-13-7-11-29-9-3-4-12-36(29)37)26-38(44(40)48-43)30-17-19-31(20-18-30)45-46-41-14-5-6-15-42(41)47-45/h1-31H;2*1-27H. The fraction of sp³-hybridized carbons (Fsp3) is 0. The third-order valence-electron chi connectivity index (χ3n) is 29.0. The molecule has 692 valence electrons. The fourth-order valence-electron chi connectivity index (χ4n) is 21.4. The highest BCUT2D eigenvalue weighted by atomic mass is 32.1. The highest BCUT2D eigenvalue weighted by Crippen LogP contribution is 2.51. The van der Waals surface area contributed by atoms with Crippen LogP contribution in [0.5, 0.6) is 0 Å². The van der Waals surface area contributed by atoms with E-state index in [2.05, 4.69) is 443 Å². The first-order chi connectivity index (χ1) is 73.2. The van der Waals surface area contributed by atoms with Crippen molar-refractivity contribution in [2.45, 2.75) is 0 Å². The first kappa shape index (κ1) is 87.2. The lowest BCUT2D eigenvalue weighted by molar-refractivity contribution is 0.619. The number of fused-ring (bicyclic) bond motifs is 16. The van der Waals surface area contributed by atoms with Gasteiger partial charge in [-0.25, -0.2) is 15.0 Å². The summed E-state index contributed by atoms with van der Waals surface area (Å²) in [5, 5.41) is 17.7. The molecule has 9 heteroatoms. The van der Waals surface area contributed by atoms with Crippen molar-refractivity contribution in [2.24, 2.45) is 0 Å². The molecular formula is C139H85N3O3S3. The van der Waals surface area contributed by atoms with Crippen molar-refractivity contribution in [2.75, 3.05) is 0 Å². The van der Waals surface area contributed by atoms with Crippen molar-refractivity contribution in [1.82, 2.24) is 15.0 Å². The molecule has 0 aliphatic rings. The zero-order valence-corrected chi connectivity index (χ0v) is 82.3. The van der Waals surface area contributed by atoms with E-state index in [4.69, 9.17) is 28.2 Å². The maximum atomic E-state index is 6.10. The summed E-state index contributed by atoms with van der Waals surface area (Å²) in [5.41, 5.74) is 34.6. The van der Waals surface area contributed by atoms with Crippen molar-refractivity contribution in [3.63, 3.8) is 0 Å². The summed E-state index contributed by atoms with van der Waals surface area (Å²) in [6, 6.07) is 185. The fourth-order valence-corrected chi connectivity index (χ4v) is 25.0. The Bertz CT molecular complexity index is 10300. The number of thiophene rings is 3. The summed E-state index contributed by atoms with van der Waals surface area (Å²) in [6.07, 6.45) is 0. The lowest BCUT2D eigenvalue weighted by Gasteiger charge is -2.12. The molecule has 0 saturated carbocycles. The highest BCUT2D eigenvalue weighted by Gasteiger charge is 2.24. The minimum absolute atomic E-state index is 0.636. The second-order valence-corrected chi connectivity index (χ2v) is 41.0. The molecule has 24 aromatic carbocycles. The van der Waals surface area contributed by atoms with Crippen LogP contribution in [0.25, 0.3) is 294 Å². The van der Waals surface area contributed by atoms with Gasteiger partial charge in [-0.3, -0.25) is 0 Å². The molecule has 148 heavy (non-hydrogen) atoms. The Hall–Kier alpha value is -18.6. The summed E-state index contributed by atoms with van der Waals surface area (Å²) in [5.74, 6) is 1.91. The molecule has 0 atom stereocenters. The van der Waals surface area contributed by atoms with Crippen molar-refractivity contribution >= 4 is 171 Å². The number of rotatable bonds is 14. The third-order valence-corrected chi connectivity index (χ3v) is 32.6. The normalized spacial score (nSPS) is 11.6. The van der Waals surface area contributed by atoms with Crippen LogP contribution in [0.2, 0.25) is 0 Å². The second-order valence-electron chi connectivity index (χ2n) is 37.9. The van der Waals surface area contributed by atoms with Gasteiger partial charge in [0.05, 0.1) is 0 Å². The van der Waals surface area contributed by atoms with Crippen molar-refractivity contribution in [3.05, 3.63) is 516 Å². The molecular weight excluding hydrogens is 1860 g/mol. The molecule has 0 radical (unpaired) electrons. The summed E-state index contributed by atoms with van der Waals surface area (Å²) in [7, 11) is 0. The largest absolute Gasteiger partial charge is 0.436 e. The average Bonchev–Trinajstić information content (AvgIpc) is 1.58. The summed E-state index contributed by atoms with van der Waals surface area (Å²) in [6.45, 7) is 0. The van der Waals surface area contributed by atoms with Gasteiger partial charge in [0.1, 0.15) is 16.6 Å². The van der Waals surface area contributed by atoms with Crippen molar-refractivity contribution in [1.29, 1.82) is 0 Å². The second kappa shape index (κ2) is 37.0. The molecule has 0 fully saturated rings. The van der Waals surface area contributed by atoms with Crippen LogP contribution < -0.4 is 0 Å². The first-order valence-corrected chi connectivity index (χ1v) is 52.4. The Labute approximate surface area is 864 Å². The van der Waals surface area contributed by atoms with Crippen LogP contribution in [0.4, 0.5) is 0 Å². The lowest BCUT2D eigenvalue weighted by Crippen LogP contribution is -1.86. The van der Waals surface area contributed by atoms with E-state index in [0.29, 0.717) is 17.7 Å². The topological polar surface area (TPSA) is 78.1 Å². The maximum absolute atomic E-state index is 6.10. The van der Waals surface area contributed by atoms with Crippen LogP contribution in [0.1, 0.15) is 0 Å². The van der Waals surface area contributed by atoms with Gasteiger partial charge in [-0.1, -0.05) is 364 Å². The minimum Gasteiger partial charge on any atom is -0.436 e. The van der Waals surface area contributed by atoms with Crippen LogP contribution in [-0.2, 0) is 0 Å². The molecule has 0 aliphatic carbocycles. The zero-order valence-electron chi connectivity index (χ0n) is 79.9. The van der Waals surface area contributed by atoms with Crippen LogP contribution in [-0.4, -0.2) is 15.0 Å². The van der Waals surface area contributed by atoms with Crippen molar-refractivity contribution < 1.29 is 13.3 Å². The number of benzene rings is 24. The van der Waals surface area contributed by atoms with E-state index in [1.807, 2.05) is 107 Å². The van der Waals surface area contributed by atoms with E-state index in [9.17, 15) is 0 Å².